The number of thiophene rings is 1. The van der Waals surface area contributed by atoms with Crippen molar-refractivity contribution in [2.45, 2.75) is 20.3 Å². The van der Waals surface area contributed by atoms with Crippen LogP contribution in [0.25, 0.3) is 0 Å². The van der Waals surface area contributed by atoms with Crippen LogP contribution in [0.1, 0.15) is 36.7 Å². The lowest BCUT2D eigenvalue weighted by Crippen LogP contribution is -2.17. The number of hydrogen-bond donors (Lipinski definition) is 2. The third-order valence-electron chi connectivity index (χ3n) is 4.48. The van der Waals surface area contributed by atoms with Gasteiger partial charge in [0.1, 0.15) is 10.8 Å². The van der Waals surface area contributed by atoms with Gasteiger partial charge in [0.05, 0.1) is 12.2 Å². The van der Waals surface area contributed by atoms with Gasteiger partial charge in [-0.3, -0.25) is 9.59 Å². The molecule has 2 amide bonds. The van der Waals surface area contributed by atoms with Gasteiger partial charge in [0.15, 0.2) is 0 Å². The normalized spacial score (nSPS) is 10.5. The predicted octanol–water partition coefficient (Wildman–Crippen LogP) is 4.34. The number of nitrogens with two attached hydrogens (primary N) is 1. The average Bonchev–Trinajstić information content (AvgIpc) is 2.96. The SMILES string of the molecule is Cc1sc(NC(=O)c2ccc(OCCc3ccccc3)cc2)c(C(N)=O)c1C. The minimum Gasteiger partial charge on any atom is -0.493 e. The van der Waals surface area contributed by atoms with E-state index in [0.717, 1.165) is 16.9 Å². The van der Waals surface area contributed by atoms with Crippen LogP contribution >= 0.6 is 11.3 Å². The fourth-order valence-corrected chi connectivity index (χ4v) is 3.88. The second-order valence-corrected chi connectivity index (χ2v) is 7.64. The Morgan fingerprint density at radius 3 is 2.36 bits per heavy atom. The maximum absolute atomic E-state index is 12.5. The Bertz CT molecular complexity index is 979. The summed E-state index contributed by atoms with van der Waals surface area (Å²) < 4.78 is 5.74. The van der Waals surface area contributed by atoms with E-state index in [0.29, 0.717) is 28.5 Å². The molecule has 0 aliphatic carbocycles. The van der Waals surface area contributed by atoms with Crippen molar-refractivity contribution in [2.24, 2.45) is 5.73 Å². The summed E-state index contributed by atoms with van der Waals surface area (Å²) in [4.78, 5) is 25.2. The van der Waals surface area contributed by atoms with Crippen LogP contribution in [0.15, 0.2) is 54.6 Å². The highest BCUT2D eigenvalue weighted by Gasteiger charge is 2.19. The molecule has 0 saturated carbocycles. The number of nitrogens with one attached hydrogen (secondary N) is 1. The molecule has 144 valence electrons. The third-order valence-corrected chi connectivity index (χ3v) is 5.60. The molecular weight excluding hydrogens is 372 g/mol. The number of carbonyl (C=O) groups excluding carboxylic acids is 2. The molecule has 0 aliphatic heterocycles. The highest BCUT2D eigenvalue weighted by atomic mass is 32.1. The summed E-state index contributed by atoms with van der Waals surface area (Å²) in [5.74, 6) is -0.132. The van der Waals surface area contributed by atoms with Crippen molar-refractivity contribution < 1.29 is 14.3 Å². The molecule has 0 fully saturated rings. The van der Waals surface area contributed by atoms with Crippen LogP contribution in [0.2, 0.25) is 0 Å². The largest absolute Gasteiger partial charge is 0.493 e. The van der Waals surface area contributed by atoms with E-state index < -0.39 is 5.91 Å². The number of amides is 2. The van der Waals surface area contributed by atoms with Gasteiger partial charge in [-0.1, -0.05) is 30.3 Å². The number of hydrogen-bond acceptors (Lipinski definition) is 4. The van der Waals surface area contributed by atoms with Gasteiger partial charge < -0.3 is 15.8 Å². The Morgan fingerprint density at radius 2 is 1.71 bits per heavy atom. The van der Waals surface area contributed by atoms with Gasteiger partial charge in [0.2, 0.25) is 0 Å². The van der Waals surface area contributed by atoms with E-state index in [9.17, 15) is 9.59 Å². The van der Waals surface area contributed by atoms with Crippen molar-refractivity contribution >= 4 is 28.2 Å². The first-order chi connectivity index (χ1) is 13.5. The highest BCUT2D eigenvalue weighted by molar-refractivity contribution is 7.16. The van der Waals surface area contributed by atoms with Gasteiger partial charge in [-0.2, -0.15) is 0 Å². The molecular formula is C22H22N2O3S. The smallest absolute Gasteiger partial charge is 0.256 e. The standard InChI is InChI=1S/C22H22N2O3S/c1-14-15(2)28-22(19(14)20(23)25)24-21(26)17-8-10-18(11-9-17)27-13-12-16-6-4-3-5-7-16/h3-11H,12-13H2,1-2H3,(H2,23,25)(H,24,26). The van der Waals surface area contributed by atoms with Crippen molar-refractivity contribution in [3.8, 4) is 5.75 Å². The highest BCUT2D eigenvalue weighted by Crippen LogP contribution is 2.32. The van der Waals surface area contributed by atoms with Crippen LogP contribution in [-0.4, -0.2) is 18.4 Å². The van der Waals surface area contributed by atoms with Gasteiger partial charge in [0.25, 0.3) is 11.8 Å². The quantitative estimate of drug-likeness (QED) is 0.625. The van der Waals surface area contributed by atoms with Crippen molar-refractivity contribution in [2.75, 3.05) is 11.9 Å². The summed E-state index contributed by atoms with van der Waals surface area (Å²) in [5, 5.41) is 3.27. The van der Waals surface area contributed by atoms with Gasteiger partial charge in [0, 0.05) is 16.9 Å². The second kappa shape index (κ2) is 8.71. The molecule has 0 atom stereocenters. The number of anilines is 1. The molecule has 1 aromatic heterocycles. The van der Waals surface area contributed by atoms with Crippen molar-refractivity contribution in [3.05, 3.63) is 81.7 Å². The Kier molecular flexibility index (Phi) is 6.11. The molecule has 0 spiro atoms. The molecule has 0 bridgehead atoms. The summed E-state index contributed by atoms with van der Waals surface area (Å²) in [6.07, 6.45) is 0.816. The van der Waals surface area contributed by atoms with Gasteiger partial charge in [-0.05, 0) is 49.2 Å². The lowest BCUT2D eigenvalue weighted by atomic mass is 10.1. The topological polar surface area (TPSA) is 81.4 Å². The molecule has 0 saturated heterocycles. The monoisotopic (exact) mass is 394 g/mol. The number of rotatable bonds is 7. The van der Waals surface area contributed by atoms with Crippen LogP contribution in [0.3, 0.4) is 0 Å². The van der Waals surface area contributed by atoms with Crippen LogP contribution < -0.4 is 15.8 Å². The van der Waals surface area contributed by atoms with Gasteiger partial charge in [-0.15, -0.1) is 11.3 Å². The van der Waals surface area contributed by atoms with Gasteiger partial charge in [-0.25, -0.2) is 0 Å². The second-order valence-electron chi connectivity index (χ2n) is 6.41. The van der Waals surface area contributed by atoms with Crippen LogP contribution in [0, 0.1) is 13.8 Å². The number of primary amides is 1. The first-order valence-corrected chi connectivity index (χ1v) is 9.75. The first kappa shape index (κ1) is 19.6. The maximum Gasteiger partial charge on any atom is 0.256 e. The number of benzene rings is 2. The summed E-state index contributed by atoms with van der Waals surface area (Å²) in [5.41, 5.74) is 8.32. The molecule has 28 heavy (non-hydrogen) atoms. The van der Waals surface area contributed by atoms with E-state index in [1.165, 1.54) is 16.9 Å². The minimum absolute atomic E-state index is 0.292. The third kappa shape index (κ3) is 4.58. The Labute approximate surface area is 168 Å². The fourth-order valence-electron chi connectivity index (χ4n) is 2.82. The van der Waals surface area contributed by atoms with Crippen molar-refractivity contribution in [3.63, 3.8) is 0 Å². The fraction of sp³-hybridized carbons (Fsp3) is 0.182. The van der Waals surface area contributed by atoms with Crippen LogP contribution in [0.4, 0.5) is 5.00 Å². The Morgan fingerprint density at radius 1 is 1.04 bits per heavy atom. The molecule has 6 heteroatoms. The first-order valence-electron chi connectivity index (χ1n) is 8.93. The van der Waals surface area contributed by atoms with Crippen LogP contribution in [0.5, 0.6) is 5.75 Å². The lowest BCUT2D eigenvalue weighted by molar-refractivity contribution is 0.100. The molecule has 0 radical (unpaired) electrons. The Hall–Kier alpha value is -3.12. The summed E-state index contributed by atoms with van der Waals surface area (Å²) in [7, 11) is 0. The molecule has 3 N–H and O–H groups in total. The summed E-state index contributed by atoms with van der Waals surface area (Å²) in [6, 6.07) is 17.0. The number of ether oxygens (including phenoxy) is 1. The predicted molar refractivity (Wildman–Crippen MR) is 112 cm³/mol. The maximum atomic E-state index is 12.5. The van der Waals surface area contributed by atoms with E-state index in [1.54, 1.807) is 24.3 Å². The van der Waals surface area contributed by atoms with Crippen LogP contribution in [-0.2, 0) is 6.42 Å². The zero-order chi connectivity index (χ0) is 20.1. The van der Waals surface area contributed by atoms with E-state index in [2.05, 4.69) is 17.4 Å². The molecule has 5 nitrogen and oxygen atoms in total. The zero-order valence-electron chi connectivity index (χ0n) is 15.8. The van der Waals surface area contributed by atoms with Gasteiger partial charge >= 0.3 is 0 Å². The van der Waals surface area contributed by atoms with Crippen molar-refractivity contribution in [1.82, 2.24) is 0 Å². The number of carbonyl (C=O) groups is 2. The van der Waals surface area contributed by atoms with E-state index >= 15 is 0 Å². The summed E-state index contributed by atoms with van der Waals surface area (Å²) >= 11 is 1.35. The average molecular weight is 394 g/mol. The minimum atomic E-state index is -0.542. The molecule has 3 aromatic rings. The van der Waals surface area contributed by atoms with E-state index in [1.807, 2.05) is 32.0 Å². The molecule has 1 heterocycles. The van der Waals surface area contributed by atoms with E-state index in [-0.39, 0.29) is 5.91 Å². The Balaban J connectivity index is 1.61. The molecule has 2 aromatic carbocycles. The molecule has 0 aliphatic rings. The van der Waals surface area contributed by atoms with E-state index in [4.69, 9.17) is 10.5 Å². The lowest BCUT2D eigenvalue weighted by Gasteiger charge is -2.08. The zero-order valence-corrected chi connectivity index (χ0v) is 16.6. The molecule has 0 unspecified atom stereocenters. The number of aryl methyl sites for hydroxylation is 1. The summed E-state index contributed by atoms with van der Waals surface area (Å²) in [6.45, 7) is 4.28. The van der Waals surface area contributed by atoms with Crippen molar-refractivity contribution in [1.29, 1.82) is 0 Å². The molecule has 3 rings (SSSR count).